The monoisotopic (exact) mass is 559 g/mol. The molecule has 1 atom stereocenters. The number of aromatic nitrogens is 5. The second-order valence-electron chi connectivity index (χ2n) is 12.1. The van der Waals surface area contributed by atoms with Gasteiger partial charge in [-0.3, -0.25) is 19.4 Å². The largest absolute Gasteiger partial charge is 0.364 e. The number of hydrogen-bond donors (Lipinski definition) is 3. The van der Waals surface area contributed by atoms with E-state index in [1.54, 1.807) is 10.9 Å². The molecule has 0 spiro atoms. The molecule has 0 saturated heterocycles. The number of nitrogens with two attached hydrogens (primary N) is 1. The Balaban J connectivity index is 1.55. The molecule has 2 saturated carbocycles. The normalized spacial score (nSPS) is 17.6. The maximum absolute atomic E-state index is 14.5. The molecule has 9 nitrogen and oxygen atoms in total. The van der Waals surface area contributed by atoms with E-state index in [0.29, 0.717) is 35.5 Å². The average molecular weight is 560 g/mol. The zero-order valence-corrected chi connectivity index (χ0v) is 25.0. The summed E-state index contributed by atoms with van der Waals surface area (Å²) in [6.45, 7) is 8.38. The maximum atomic E-state index is 14.5. The first-order chi connectivity index (χ1) is 19.8. The Morgan fingerprint density at radius 3 is 2.15 bits per heavy atom. The van der Waals surface area contributed by atoms with Gasteiger partial charge in [-0.2, -0.15) is 10.2 Å². The highest BCUT2D eigenvalue weighted by Gasteiger charge is 2.43. The van der Waals surface area contributed by atoms with Gasteiger partial charge in [0, 0.05) is 34.6 Å². The number of rotatable bonds is 9. The molecule has 3 aromatic rings. The Bertz CT molecular complexity index is 1340. The molecule has 2 aliphatic rings. The number of anilines is 1. The van der Waals surface area contributed by atoms with Crippen molar-refractivity contribution in [3.05, 3.63) is 46.7 Å². The summed E-state index contributed by atoms with van der Waals surface area (Å²) in [5, 5.41) is 15.1. The zero-order chi connectivity index (χ0) is 29.1. The van der Waals surface area contributed by atoms with Gasteiger partial charge in [0.25, 0.3) is 5.91 Å². The lowest BCUT2D eigenvalue weighted by Gasteiger charge is -2.41. The predicted molar refractivity (Wildman–Crippen MR) is 160 cm³/mol. The predicted octanol–water partition coefficient (Wildman–Crippen LogP) is 6.21. The Morgan fingerprint density at radius 2 is 1.63 bits per heavy atom. The first-order valence-electron chi connectivity index (χ1n) is 15.5. The third-order valence-electron chi connectivity index (χ3n) is 9.53. The summed E-state index contributed by atoms with van der Waals surface area (Å²) in [7, 11) is 0. The first kappa shape index (κ1) is 29.0. The number of primary amides is 1. The number of nitrogens with zero attached hydrogens (tertiary/aromatic N) is 4. The maximum Gasteiger partial charge on any atom is 0.267 e. The number of pyridine rings is 1. The molecule has 9 heteroatoms. The molecule has 41 heavy (non-hydrogen) atoms. The van der Waals surface area contributed by atoms with E-state index in [2.05, 4.69) is 20.6 Å². The number of hydrogen-bond acceptors (Lipinski definition) is 5. The Morgan fingerprint density at radius 1 is 1.00 bits per heavy atom. The van der Waals surface area contributed by atoms with Crippen LogP contribution in [0.25, 0.3) is 11.1 Å². The lowest BCUT2D eigenvalue weighted by molar-refractivity contribution is -0.120. The summed E-state index contributed by atoms with van der Waals surface area (Å²) in [4.78, 5) is 32.1. The van der Waals surface area contributed by atoms with E-state index < -0.39 is 11.8 Å². The molecule has 2 amide bonds. The van der Waals surface area contributed by atoms with E-state index in [-0.39, 0.29) is 11.8 Å². The van der Waals surface area contributed by atoms with Gasteiger partial charge in [-0.1, -0.05) is 64.2 Å². The van der Waals surface area contributed by atoms with Gasteiger partial charge in [0.15, 0.2) is 0 Å². The van der Waals surface area contributed by atoms with Crippen molar-refractivity contribution in [2.24, 2.45) is 23.5 Å². The van der Waals surface area contributed by atoms with Crippen molar-refractivity contribution in [2.75, 3.05) is 5.32 Å². The lowest BCUT2D eigenvalue weighted by atomic mass is 9.63. The molecule has 2 aliphatic carbocycles. The fraction of sp³-hybridized carbons (Fsp3) is 0.594. The molecule has 0 aliphatic heterocycles. The fourth-order valence-electron chi connectivity index (χ4n) is 7.67. The molecule has 220 valence electrons. The second-order valence-corrected chi connectivity index (χ2v) is 12.1. The molecular formula is C32H45N7O2. The van der Waals surface area contributed by atoms with E-state index >= 15 is 0 Å². The summed E-state index contributed by atoms with van der Waals surface area (Å²) in [6, 6.07) is 3.87. The van der Waals surface area contributed by atoms with E-state index in [1.165, 1.54) is 38.5 Å². The van der Waals surface area contributed by atoms with E-state index in [9.17, 15) is 9.59 Å². The van der Waals surface area contributed by atoms with Crippen molar-refractivity contribution in [1.82, 2.24) is 25.0 Å². The van der Waals surface area contributed by atoms with E-state index in [1.807, 2.05) is 39.8 Å². The highest BCUT2D eigenvalue weighted by atomic mass is 16.2. The molecule has 0 unspecified atom stereocenters. The second kappa shape index (κ2) is 12.6. The van der Waals surface area contributed by atoms with Crippen LogP contribution in [-0.2, 0) is 11.3 Å². The average Bonchev–Trinajstić information content (AvgIpc) is 3.55. The van der Waals surface area contributed by atoms with Crippen molar-refractivity contribution in [3.63, 3.8) is 0 Å². The van der Waals surface area contributed by atoms with E-state index in [4.69, 9.17) is 10.7 Å². The van der Waals surface area contributed by atoms with Crippen molar-refractivity contribution in [2.45, 2.75) is 104 Å². The smallest absolute Gasteiger partial charge is 0.267 e. The van der Waals surface area contributed by atoms with Gasteiger partial charge in [0.1, 0.15) is 11.5 Å². The van der Waals surface area contributed by atoms with Crippen LogP contribution in [0.2, 0.25) is 0 Å². The molecule has 3 heterocycles. The third-order valence-corrected chi connectivity index (χ3v) is 9.53. The van der Waals surface area contributed by atoms with Gasteiger partial charge in [0.2, 0.25) is 5.91 Å². The number of carbonyl (C=O) groups is 2. The minimum Gasteiger partial charge on any atom is -0.364 e. The standard InChI is InChI=1S/C32H45N7O2/c1-5-39-30(31(33)40)25(18-34-39)29(28(22-12-8-6-9-13-22)23-14-10-7-11-15-23)32(41)36-26-17-16-24(19(2)35-26)27-20(3)37-38-21(27)4/h16-18,22-23,28-29H,5-15H2,1-4H3,(H2,33,40)(H,37,38)(H,35,36,41)/t29-/m0/s1. The number of aryl methyl sites for hydroxylation is 4. The first-order valence-corrected chi connectivity index (χ1v) is 15.5. The molecule has 4 N–H and O–H groups in total. The van der Waals surface area contributed by atoms with Crippen LogP contribution in [0.15, 0.2) is 18.3 Å². The zero-order valence-electron chi connectivity index (χ0n) is 25.0. The Hall–Kier alpha value is -3.49. The fourth-order valence-corrected chi connectivity index (χ4v) is 7.67. The molecule has 3 aromatic heterocycles. The minimum absolute atomic E-state index is 0.125. The number of carbonyl (C=O) groups excluding carboxylic acids is 2. The molecular weight excluding hydrogens is 514 g/mol. The summed E-state index contributed by atoms with van der Waals surface area (Å²) >= 11 is 0. The highest BCUT2D eigenvalue weighted by Crippen LogP contribution is 2.48. The van der Waals surface area contributed by atoms with Gasteiger partial charge in [0.05, 0.1) is 17.8 Å². The summed E-state index contributed by atoms with van der Waals surface area (Å²) in [5.74, 6) is 0.306. The van der Waals surface area contributed by atoms with Crippen LogP contribution in [0.5, 0.6) is 0 Å². The van der Waals surface area contributed by atoms with Crippen LogP contribution < -0.4 is 11.1 Å². The van der Waals surface area contributed by atoms with Crippen molar-refractivity contribution < 1.29 is 9.59 Å². The Labute approximate surface area is 243 Å². The minimum atomic E-state index is -0.535. The van der Waals surface area contributed by atoms with Crippen LogP contribution in [0.3, 0.4) is 0 Å². The number of H-pyrrole nitrogens is 1. The third kappa shape index (κ3) is 5.95. The summed E-state index contributed by atoms with van der Waals surface area (Å²) in [5.41, 5.74) is 11.7. The molecule has 0 aromatic carbocycles. The number of nitrogens with one attached hydrogen (secondary N) is 2. The van der Waals surface area contributed by atoms with Gasteiger partial charge in [-0.05, 0) is 57.6 Å². The van der Waals surface area contributed by atoms with Crippen LogP contribution >= 0.6 is 0 Å². The quantitative estimate of drug-likeness (QED) is 0.287. The Kier molecular flexibility index (Phi) is 8.90. The lowest BCUT2D eigenvalue weighted by Crippen LogP contribution is -2.39. The van der Waals surface area contributed by atoms with Gasteiger partial charge < -0.3 is 11.1 Å². The van der Waals surface area contributed by atoms with Crippen molar-refractivity contribution in [3.8, 4) is 11.1 Å². The topological polar surface area (TPSA) is 132 Å². The van der Waals surface area contributed by atoms with Crippen LogP contribution in [0, 0.1) is 38.5 Å². The number of aromatic amines is 1. The van der Waals surface area contributed by atoms with Crippen LogP contribution in [0.4, 0.5) is 5.82 Å². The van der Waals surface area contributed by atoms with Crippen LogP contribution in [-0.4, -0.2) is 36.8 Å². The summed E-state index contributed by atoms with van der Waals surface area (Å²) < 4.78 is 1.64. The van der Waals surface area contributed by atoms with Gasteiger partial charge in [-0.25, -0.2) is 4.98 Å². The van der Waals surface area contributed by atoms with Gasteiger partial charge in [-0.15, -0.1) is 0 Å². The van der Waals surface area contributed by atoms with E-state index in [0.717, 1.165) is 53.9 Å². The molecule has 0 bridgehead atoms. The molecule has 5 rings (SSSR count). The SMILES string of the molecule is CCn1ncc([C@H](C(=O)Nc2ccc(-c3c(C)n[nH]c3C)c(C)n2)C(C2CCCCC2)C2CCCCC2)c1C(N)=O. The highest BCUT2D eigenvalue weighted by molar-refractivity contribution is 5.99. The van der Waals surface area contributed by atoms with Crippen LogP contribution in [0.1, 0.15) is 110 Å². The summed E-state index contributed by atoms with van der Waals surface area (Å²) in [6.07, 6.45) is 13.4. The van der Waals surface area contributed by atoms with Crippen molar-refractivity contribution in [1.29, 1.82) is 0 Å². The van der Waals surface area contributed by atoms with Crippen molar-refractivity contribution >= 4 is 17.6 Å². The number of amides is 2. The van der Waals surface area contributed by atoms with Gasteiger partial charge >= 0.3 is 0 Å². The molecule has 0 radical (unpaired) electrons. The molecule has 2 fully saturated rings.